The highest BCUT2D eigenvalue weighted by Gasteiger charge is 2.25. The van der Waals surface area contributed by atoms with Crippen LogP contribution in [0.1, 0.15) is 30.9 Å². The summed E-state index contributed by atoms with van der Waals surface area (Å²) in [4.78, 5) is 11.7. The quantitative estimate of drug-likeness (QED) is 0.264. The molecule has 0 unspecified atom stereocenters. The second kappa shape index (κ2) is 7.99. The second-order valence-electron chi connectivity index (χ2n) is 5.71. The van der Waals surface area contributed by atoms with Gasteiger partial charge >= 0.3 is 0 Å². The molecule has 0 saturated carbocycles. The molecule has 0 spiro atoms. The largest absolute Gasteiger partial charge is 0.293 e. The van der Waals surface area contributed by atoms with Crippen LogP contribution < -0.4 is 10.9 Å². The number of halogens is 5. The van der Waals surface area contributed by atoms with Gasteiger partial charge in [-0.15, -0.1) is 0 Å². The standard InChI is InChI=1S/C18H15F5N2O/c1-9(2)11-6-3-10(4-7-11)5-8-12(26)24-25-18-16(22)14(20)13(19)15(21)17(18)23/h3-9,25H,1-2H3,(H,24,26)/b8-5+. The Labute approximate surface area is 146 Å². The van der Waals surface area contributed by atoms with E-state index in [1.807, 2.05) is 31.4 Å². The summed E-state index contributed by atoms with van der Waals surface area (Å²) in [6.45, 7) is 4.06. The van der Waals surface area contributed by atoms with Gasteiger partial charge in [0.2, 0.25) is 5.82 Å². The molecular formula is C18H15F5N2O. The summed E-state index contributed by atoms with van der Waals surface area (Å²) in [5.41, 5.74) is 4.01. The van der Waals surface area contributed by atoms with Crippen molar-refractivity contribution in [3.63, 3.8) is 0 Å². The molecule has 0 aliphatic carbocycles. The van der Waals surface area contributed by atoms with Gasteiger partial charge in [0.05, 0.1) is 0 Å². The van der Waals surface area contributed by atoms with E-state index in [0.717, 1.165) is 11.6 Å². The Kier molecular flexibility index (Phi) is 5.97. The van der Waals surface area contributed by atoms with Gasteiger partial charge < -0.3 is 0 Å². The summed E-state index contributed by atoms with van der Waals surface area (Å²) in [6, 6.07) is 7.32. The summed E-state index contributed by atoms with van der Waals surface area (Å²) in [7, 11) is 0. The van der Waals surface area contributed by atoms with Gasteiger partial charge in [-0.2, -0.15) is 0 Å². The summed E-state index contributed by atoms with van der Waals surface area (Å²) >= 11 is 0. The zero-order valence-electron chi connectivity index (χ0n) is 13.8. The Balaban J connectivity index is 2.05. The molecule has 0 saturated heterocycles. The van der Waals surface area contributed by atoms with Crippen molar-refractivity contribution in [2.45, 2.75) is 19.8 Å². The maximum Gasteiger partial charge on any atom is 0.262 e. The molecule has 0 aromatic heterocycles. The number of benzene rings is 2. The van der Waals surface area contributed by atoms with Crippen molar-refractivity contribution in [2.24, 2.45) is 0 Å². The van der Waals surface area contributed by atoms with Gasteiger partial charge in [-0.3, -0.25) is 15.6 Å². The molecule has 0 heterocycles. The smallest absolute Gasteiger partial charge is 0.262 e. The highest BCUT2D eigenvalue weighted by atomic mass is 19.2. The third kappa shape index (κ3) is 4.19. The number of carbonyl (C=O) groups is 1. The lowest BCUT2D eigenvalue weighted by atomic mass is 10.0. The van der Waals surface area contributed by atoms with Crippen LogP contribution in [-0.4, -0.2) is 5.91 Å². The van der Waals surface area contributed by atoms with Crippen molar-refractivity contribution in [1.82, 2.24) is 5.43 Å². The lowest BCUT2D eigenvalue weighted by Gasteiger charge is -2.10. The summed E-state index contributed by atoms with van der Waals surface area (Å²) in [5.74, 6) is -11.1. The van der Waals surface area contributed by atoms with Crippen molar-refractivity contribution in [2.75, 3.05) is 5.43 Å². The minimum absolute atomic E-state index is 0.349. The first-order valence-corrected chi connectivity index (χ1v) is 7.57. The molecule has 2 aromatic carbocycles. The SMILES string of the molecule is CC(C)c1ccc(/C=C/C(=O)NNc2c(F)c(F)c(F)c(F)c2F)cc1. The third-order valence-corrected chi connectivity index (χ3v) is 3.55. The molecule has 0 atom stereocenters. The van der Waals surface area contributed by atoms with Crippen molar-refractivity contribution in [3.05, 3.63) is 70.6 Å². The minimum atomic E-state index is -2.28. The Morgan fingerprint density at radius 3 is 1.88 bits per heavy atom. The fourth-order valence-corrected chi connectivity index (χ4v) is 2.04. The number of anilines is 1. The Hall–Kier alpha value is -2.90. The molecule has 26 heavy (non-hydrogen) atoms. The molecule has 2 N–H and O–H groups in total. The molecule has 138 valence electrons. The molecule has 2 aromatic rings. The first-order valence-electron chi connectivity index (χ1n) is 7.57. The topological polar surface area (TPSA) is 41.1 Å². The highest BCUT2D eigenvalue weighted by Crippen LogP contribution is 2.26. The molecule has 8 heteroatoms. The fraction of sp³-hybridized carbons (Fsp3) is 0.167. The molecule has 0 fully saturated rings. The lowest BCUT2D eigenvalue weighted by Crippen LogP contribution is -2.29. The van der Waals surface area contributed by atoms with Crippen LogP contribution in [0.25, 0.3) is 6.08 Å². The molecule has 0 aliphatic heterocycles. The number of carbonyl (C=O) groups excluding carboxylic acids is 1. The molecule has 2 rings (SSSR count). The second-order valence-corrected chi connectivity index (χ2v) is 5.71. The maximum absolute atomic E-state index is 13.5. The Bertz CT molecular complexity index is 819. The van der Waals surface area contributed by atoms with Crippen molar-refractivity contribution in [1.29, 1.82) is 0 Å². The molecule has 0 aliphatic rings. The number of rotatable bonds is 5. The zero-order chi connectivity index (χ0) is 19.4. The van der Waals surface area contributed by atoms with Crippen molar-refractivity contribution in [3.8, 4) is 0 Å². The van der Waals surface area contributed by atoms with Gasteiger partial charge in [-0.05, 0) is 23.1 Å². The first kappa shape index (κ1) is 19.4. The van der Waals surface area contributed by atoms with Crippen LogP contribution in [0.4, 0.5) is 27.6 Å². The van der Waals surface area contributed by atoms with E-state index in [1.165, 1.54) is 6.08 Å². The summed E-state index contributed by atoms with van der Waals surface area (Å²) < 4.78 is 66.0. The van der Waals surface area contributed by atoms with Crippen LogP contribution in [0, 0.1) is 29.1 Å². The van der Waals surface area contributed by atoms with Crippen LogP contribution >= 0.6 is 0 Å². The fourth-order valence-electron chi connectivity index (χ4n) is 2.04. The van der Waals surface area contributed by atoms with Crippen LogP contribution in [0.2, 0.25) is 0 Å². The highest BCUT2D eigenvalue weighted by molar-refractivity contribution is 5.92. The van der Waals surface area contributed by atoms with Crippen LogP contribution in [0.3, 0.4) is 0 Å². The van der Waals surface area contributed by atoms with Gasteiger partial charge in [0.15, 0.2) is 23.3 Å². The molecule has 1 amide bonds. The Morgan fingerprint density at radius 1 is 0.885 bits per heavy atom. The monoisotopic (exact) mass is 370 g/mol. The summed E-state index contributed by atoms with van der Waals surface area (Å²) in [5, 5.41) is 0. The number of hydrogen-bond donors (Lipinski definition) is 2. The normalized spacial score (nSPS) is 11.2. The maximum atomic E-state index is 13.5. The average molecular weight is 370 g/mol. The van der Waals surface area contributed by atoms with Gasteiger partial charge in [0, 0.05) is 6.08 Å². The lowest BCUT2D eigenvalue weighted by molar-refractivity contribution is -0.116. The first-order chi connectivity index (χ1) is 12.2. The number of amides is 1. The van der Waals surface area contributed by atoms with Gasteiger partial charge in [-0.25, -0.2) is 22.0 Å². The van der Waals surface area contributed by atoms with E-state index < -0.39 is 40.7 Å². The number of hydrogen-bond acceptors (Lipinski definition) is 2. The molecule has 0 radical (unpaired) electrons. The van der Waals surface area contributed by atoms with Crippen LogP contribution in [0.5, 0.6) is 0 Å². The summed E-state index contributed by atoms with van der Waals surface area (Å²) in [6.07, 6.45) is 2.48. The van der Waals surface area contributed by atoms with Crippen LogP contribution in [-0.2, 0) is 4.79 Å². The molecular weight excluding hydrogens is 355 g/mol. The zero-order valence-corrected chi connectivity index (χ0v) is 13.8. The number of hydrazine groups is 1. The van der Waals surface area contributed by atoms with Gasteiger partial charge in [-0.1, -0.05) is 38.1 Å². The molecule has 0 bridgehead atoms. The third-order valence-electron chi connectivity index (χ3n) is 3.55. The van der Waals surface area contributed by atoms with E-state index in [4.69, 9.17) is 0 Å². The van der Waals surface area contributed by atoms with Gasteiger partial charge in [0.25, 0.3) is 5.91 Å². The van der Waals surface area contributed by atoms with Crippen molar-refractivity contribution >= 4 is 17.7 Å². The van der Waals surface area contributed by atoms with E-state index >= 15 is 0 Å². The van der Waals surface area contributed by atoms with E-state index in [2.05, 4.69) is 0 Å². The van der Waals surface area contributed by atoms with Crippen molar-refractivity contribution < 1.29 is 26.7 Å². The predicted molar refractivity (Wildman–Crippen MR) is 87.6 cm³/mol. The predicted octanol–water partition coefficient (Wildman–Crippen LogP) is 4.66. The van der Waals surface area contributed by atoms with Crippen LogP contribution in [0.15, 0.2) is 30.3 Å². The molecule has 3 nitrogen and oxygen atoms in total. The minimum Gasteiger partial charge on any atom is -0.293 e. The van der Waals surface area contributed by atoms with E-state index in [0.29, 0.717) is 11.5 Å². The average Bonchev–Trinajstić information content (AvgIpc) is 2.63. The number of nitrogens with one attached hydrogen (secondary N) is 2. The van der Waals surface area contributed by atoms with E-state index in [-0.39, 0.29) is 0 Å². The van der Waals surface area contributed by atoms with E-state index in [9.17, 15) is 26.7 Å². The Morgan fingerprint density at radius 2 is 1.38 bits per heavy atom. The van der Waals surface area contributed by atoms with E-state index in [1.54, 1.807) is 17.6 Å². The van der Waals surface area contributed by atoms with Gasteiger partial charge in [0.1, 0.15) is 5.69 Å².